The highest BCUT2D eigenvalue weighted by atomic mass is 16.2. The van der Waals surface area contributed by atoms with Gasteiger partial charge in [-0.05, 0) is 19.8 Å². The van der Waals surface area contributed by atoms with Crippen molar-refractivity contribution < 1.29 is 4.79 Å². The fraction of sp³-hybridized carbons (Fsp3) is 0.818. The van der Waals surface area contributed by atoms with E-state index in [1.807, 2.05) is 20.8 Å². The van der Waals surface area contributed by atoms with Crippen molar-refractivity contribution in [1.29, 1.82) is 5.26 Å². The number of hydrogen-bond donors (Lipinski definition) is 1. The lowest BCUT2D eigenvalue weighted by atomic mass is 9.92. The van der Waals surface area contributed by atoms with E-state index in [0.29, 0.717) is 19.3 Å². The van der Waals surface area contributed by atoms with E-state index >= 15 is 0 Å². The lowest BCUT2D eigenvalue weighted by molar-refractivity contribution is -0.137. The first-order valence-corrected chi connectivity index (χ1v) is 5.36. The Bertz CT molecular complexity index is 253. The fourth-order valence-corrected chi connectivity index (χ4v) is 1.37. The van der Waals surface area contributed by atoms with Crippen LogP contribution in [0.25, 0.3) is 0 Å². The molecule has 4 nitrogen and oxygen atoms in total. The molecule has 1 unspecified atom stereocenters. The Hall–Kier alpha value is -1.08. The Labute approximate surface area is 92.0 Å². The van der Waals surface area contributed by atoms with Crippen LogP contribution in [0, 0.1) is 11.3 Å². The van der Waals surface area contributed by atoms with Crippen LogP contribution in [0.2, 0.25) is 0 Å². The number of carbonyl (C=O) groups excluding carboxylic acids is 1. The van der Waals surface area contributed by atoms with Gasteiger partial charge in [-0.15, -0.1) is 0 Å². The zero-order valence-electron chi connectivity index (χ0n) is 10.1. The number of likely N-dealkylation sites (N-methyl/N-ethyl adjacent to an activating group) is 1. The van der Waals surface area contributed by atoms with Gasteiger partial charge in [0.15, 0.2) is 0 Å². The molecular weight excluding hydrogens is 190 g/mol. The van der Waals surface area contributed by atoms with E-state index in [9.17, 15) is 4.79 Å². The van der Waals surface area contributed by atoms with Gasteiger partial charge in [-0.1, -0.05) is 13.8 Å². The number of rotatable bonds is 5. The summed E-state index contributed by atoms with van der Waals surface area (Å²) in [7, 11) is 1.71. The second-order valence-corrected chi connectivity index (χ2v) is 3.99. The molecule has 4 heteroatoms. The number of hydrogen-bond acceptors (Lipinski definition) is 3. The number of nitriles is 1. The Balaban J connectivity index is 4.63. The van der Waals surface area contributed by atoms with E-state index in [2.05, 4.69) is 6.07 Å². The molecule has 0 aromatic rings. The zero-order chi connectivity index (χ0) is 12.1. The van der Waals surface area contributed by atoms with Gasteiger partial charge in [0.05, 0.1) is 18.0 Å². The van der Waals surface area contributed by atoms with E-state index in [1.165, 1.54) is 0 Å². The summed E-state index contributed by atoms with van der Waals surface area (Å²) in [6.45, 7) is 5.67. The molecule has 0 aromatic carbocycles. The Morgan fingerprint density at radius 1 is 1.53 bits per heavy atom. The van der Waals surface area contributed by atoms with Crippen LogP contribution >= 0.6 is 0 Å². The highest BCUT2D eigenvalue weighted by Crippen LogP contribution is 2.16. The normalized spacial score (nSPS) is 13.1. The van der Waals surface area contributed by atoms with Gasteiger partial charge in [0.2, 0.25) is 5.91 Å². The topological polar surface area (TPSA) is 70.1 Å². The molecule has 0 radical (unpaired) electrons. The predicted octanol–water partition coefficient (Wildman–Crippen LogP) is 1.26. The number of carbonyl (C=O) groups is 1. The molecule has 0 rings (SSSR count). The van der Waals surface area contributed by atoms with E-state index in [-0.39, 0.29) is 11.9 Å². The molecule has 0 bridgehead atoms. The average molecular weight is 211 g/mol. The summed E-state index contributed by atoms with van der Waals surface area (Å²) >= 11 is 0. The average Bonchev–Trinajstić information content (AvgIpc) is 2.26. The third-order valence-corrected chi connectivity index (χ3v) is 3.06. The van der Waals surface area contributed by atoms with Crippen LogP contribution in [0.4, 0.5) is 0 Å². The molecule has 0 aliphatic heterocycles. The van der Waals surface area contributed by atoms with Gasteiger partial charge in [0.1, 0.15) is 0 Å². The SMILES string of the molecule is CCC(N)(CC)C(=O)N(C)C(C)CC#N. The smallest absolute Gasteiger partial charge is 0.242 e. The van der Waals surface area contributed by atoms with Gasteiger partial charge in [0, 0.05) is 13.1 Å². The van der Waals surface area contributed by atoms with Crippen LogP contribution in [0.1, 0.15) is 40.0 Å². The van der Waals surface area contributed by atoms with Crippen LogP contribution in [-0.4, -0.2) is 29.4 Å². The van der Waals surface area contributed by atoms with Crippen LogP contribution in [0.15, 0.2) is 0 Å². The molecule has 0 aliphatic rings. The molecule has 0 saturated heterocycles. The molecule has 86 valence electrons. The number of nitrogens with two attached hydrogens (primary N) is 1. The van der Waals surface area contributed by atoms with Gasteiger partial charge >= 0.3 is 0 Å². The highest BCUT2D eigenvalue weighted by Gasteiger charge is 2.33. The first-order valence-electron chi connectivity index (χ1n) is 5.36. The molecule has 15 heavy (non-hydrogen) atoms. The molecule has 0 heterocycles. The fourth-order valence-electron chi connectivity index (χ4n) is 1.37. The first kappa shape index (κ1) is 13.9. The summed E-state index contributed by atoms with van der Waals surface area (Å²) in [5.74, 6) is -0.0738. The Morgan fingerprint density at radius 2 is 2.00 bits per heavy atom. The maximum atomic E-state index is 12.0. The van der Waals surface area contributed by atoms with Gasteiger partial charge in [-0.2, -0.15) is 5.26 Å². The predicted molar refractivity (Wildman–Crippen MR) is 60.0 cm³/mol. The number of amides is 1. The summed E-state index contributed by atoms with van der Waals surface area (Å²) in [5, 5.41) is 8.57. The van der Waals surface area contributed by atoms with Crippen LogP contribution in [-0.2, 0) is 4.79 Å². The van der Waals surface area contributed by atoms with Crippen molar-refractivity contribution in [3.63, 3.8) is 0 Å². The third-order valence-electron chi connectivity index (χ3n) is 3.06. The van der Waals surface area contributed by atoms with E-state index in [4.69, 9.17) is 11.0 Å². The van der Waals surface area contributed by atoms with E-state index in [0.717, 1.165) is 0 Å². The van der Waals surface area contributed by atoms with Crippen molar-refractivity contribution in [2.75, 3.05) is 7.05 Å². The van der Waals surface area contributed by atoms with Crippen molar-refractivity contribution >= 4 is 5.91 Å². The summed E-state index contributed by atoms with van der Waals surface area (Å²) in [6.07, 6.45) is 1.57. The summed E-state index contributed by atoms with van der Waals surface area (Å²) in [4.78, 5) is 13.6. The molecule has 0 saturated carbocycles. The minimum Gasteiger partial charge on any atom is -0.340 e. The van der Waals surface area contributed by atoms with Gasteiger partial charge in [-0.25, -0.2) is 0 Å². The summed E-state index contributed by atoms with van der Waals surface area (Å²) < 4.78 is 0. The maximum Gasteiger partial charge on any atom is 0.242 e. The Morgan fingerprint density at radius 3 is 2.33 bits per heavy atom. The Kier molecular flexibility index (Phi) is 5.31. The quantitative estimate of drug-likeness (QED) is 0.744. The molecule has 0 spiro atoms. The first-order chi connectivity index (χ1) is 6.92. The maximum absolute atomic E-state index is 12.0. The second-order valence-electron chi connectivity index (χ2n) is 3.99. The van der Waals surface area contributed by atoms with Crippen molar-refractivity contribution in [1.82, 2.24) is 4.90 Å². The summed E-state index contributed by atoms with van der Waals surface area (Å²) in [5.41, 5.74) is 5.22. The van der Waals surface area contributed by atoms with Gasteiger partial charge in [-0.3, -0.25) is 4.79 Å². The van der Waals surface area contributed by atoms with Gasteiger partial charge < -0.3 is 10.6 Å². The molecular formula is C11H21N3O. The molecule has 0 fully saturated rings. The van der Waals surface area contributed by atoms with Crippen molar-refractivity contribution in [2.45, 2.75) is 51.6 Å². The third kappa shape index (κ3) is 3.21. The van der Waals surface area contributed by atoms with Crippen molar-refractivity contribution in [3.8, 4) is 6.07 Å². The minimum atomic E-state index is -0.779. The highest BCUT2D eigenvalue weighted by molar-refractivity contribution is 5.86. The van der Waals surface area contributed by atoms with Crippen molar-refractivity contribution in [3.05, 3.63) is 0 Å². The van der Waals surface area contributed by atoms with Crippen LogP contribution < -0.4 is 5.73 Å². The molecule has 1 atom stereocenters. The van der Waals surface area contributed by atoms with Crippen LogP contribution in [0.5, 0.6) is 0 Å². The summed E-state index contributed by atoms with van der Waals surface area (Å²) in [6, 6.07) is 1.98. The minimum absolute atomic E-state index is 0.0738. The van der Waals surface area contributed by atoms with Gasteiger partial charge in [0.25, 0.3) is 0 Å². The number of nitrogens with zero attached hydrogens (tertiary/aromatic N) is 2. The molecule has 2 N–H and O–H groups in total. The largest absolute Gasteiger partial charge is 0.340 e. The van der Waals surface area contributed by atoms with E-state index in [1.54, 1.807) is 11.9 Å². The monoisotopic (exact) mass is 211 g/mol. The molecule has 0 aliphatic carbocycles. The van der Waals surface area contributed by atoms with Crippen LogP contribution in [0.3, 0.4) is 0 Å². The van der Waals surface area contributed by atoms with E-state index < -0.39 is 5.54 Å². The lowest BCUT2D eigenvalue weighted by Gasteiger charge is -2.33. The molecule has 0 aromatic heterocycles. The second kappa shape index (κ2) is 5.72. The molecule has 1 amide bonds. The standard InChI is InChI=1S/C11H21N3O/c1-5-11(13,6-2)10(15)14(4)9(3)7-8-12/h9H,5-7,13H2,1-4H3. The van der Waals surface area contributed by atoms with Crippen molar-refractivity contribution in [2.24, 2.45) is 5.73 Å². The zero-order valence-corrected chi connectivity index (χ0v) is 10.1. The lowest BCUT2D eigenvalue weighted by Crippen LogP contribution is -2.55.